The Morgan fingerprint density at radius 3 is 1.59 bits per heavy atom. The van der Waals surface area contributed by atoms with Crippen molar-refractivity contribution in [1.82, 2.24) is 5.06 Å². The highest BCUT2D eigenvalue weighted by atomic mass is 28.4. The van der Waals surface area contributed by atoms with Crippen LogP contribution in [-0.2, 0) is 13.7 Å². The fourth-order valence-corrected chi connectivity index (χ4v) is 6.70. The molecule has 2 rings (SSSR count). The van der Waals surface area contributed by atoms with Crippen molar-refractivity contribution in [2.24, 2.45) is 0 Å². The average molecular weight is 548 g/mol. The molecule has 37 heavy (non-hydrogen) atoms. The van der Waals surface area contributed by atoms with Crippen LogP contribution < -0.4 is 0 Å². The third-order valence-corrected chi connectivity index (χ3v) is 18.7. The number of hydroxylamine groups is 2. The molecule has 4 nitrogen and oxygen atoms in total. The third-order valence-electron chi connectivity index (χ3n) is 9.70. The summed E-state index contributed by atoms with van der Waals surface area (Å²) in [6.07, 6.45) is 9.20. The summed E-state index contributed by atoms with van der Waals surface area (Å²) >= 11 is 0. The van der Waals surface area contributed by atoms with Gasteiger partial charge in [-0.25, -0.2) is 0 Å². The van der Waals surface area contributed by atoms with Gasteiger partial charge in [0.05, 0.1) is 24.3 Å². The Hall–Kier alpha value is -0.926. The minimum absolute atomic E-state index is 0.169. The van der Waals surface area contributed by atoms with Crippen LogP contribution >= 0.6 is 0 Å². The zero-order valence-corrected chi connectivity index (χ0v) is 28.2. The predicted octanol–water partition coefficient (Wildman–Crippen LogP) is 9.42. The second kappa shape index (κ2) is 12.1. The van der Waals surface area contributed by atoms with E-state index in [9.17, 15) is 0 Å². The maximum atomic E-state index is 6.92. The van der Waals surface area contributed by atoms with E-state index in [0.29, 0.717) is 13.2 Å². The van der Waals surface area contributed by atoms with Crippen LogP contribution in [0.3, 0.4) is 0 Å². The third kappa shape index (κ3) is 7.60. The van der Waals surface area contributed by atoms with Gasteiger partial charge in [0.2, 0.25) is 0 Å². The standard InChI is InChI=1S/C31H57NO3Si2/c1-13-30(25-34-36(9,10)28(3,4)5)22-18-23-31(14-2,26-35-37(11,12)29(6,7)8)32(30)33-24-21-27-19-16-15-17-20-27/h15-17,19-21,24H,13-14,18,22-23,25-26H2,1-12H3/b24-21+. The Morgan fingerprint density at radius 2 is 1.22 bits per heavy atom. The molecule has 0 N–H and O–H groups in total. The molecular formula is C31H57NO3Si2. The first kappa shape index (κ1) is 32.3. The molecule has 0 radical (unpaired) electrons. The summed E-state index contributed by atoms with van der Waals surface area (Å²) in [4.78, 5) is 6.73. The van der Waals surface area contributed by atoms with E-state index < -0.39 is 16.6 Å². The van der Waals surface area contributed by atoms with E-state index in [4.69, 9.17) is 13.7 Å². The maximum absolute atomic E-state index is 6.92. The Kier molecular flexibility index (Phi) is 10.5. The maximum Gasteiger partial charge on any atom is 0.192 e. The second-order valence-electron chi connectivity index (χ2n) is 14.2. The summed E-state index contributed by atoms with van der Waals surface area (Å²) in [7, 11) is -3.84. The molecule has 1 fully saturated rings. The highest BCUT2D eigenvalue weighted by Crippen LogP contribution is 2.46. The van der Waals surface area contributed by atoms with Crippen molar-refractivity contribution in [2.75, 3.05) is 13.2 Å². The van der Waals surface area contributed by atoms with E-state index >= 15 is 0 Å². The normalized spacial score (nSPS) is 24.5. The van der Waals surface area contributed by atoms with Gasteiger partial charge < -0.3 is 13.7 Å². The topological polar surface area (TPSA) is 30.9 Å². The van der Waals surface area contributed by atoms with Crippen molar-refractivity contribution in [1.29, 1.82) is 0 Å². The van der Waals surface area contributed by atoms with Gasteiger partial charge in [0.15, 0.2) is 16.6 Å². The number of hydrogen-bond donors (Lipinski definition) is 0. The van der Waals surface area contributed by atoms with Crippen molar-refractivity contribution >= 4 is 22.7 Å². The van der Waals surface area contributed by atoms with E-state index in [0.717, 1.165) is 37.7 Å². The molecule has 0 bridgehead atoms. The monoisotopic (exact) mass is 547 g/mol. The fourth-order valence-electron chi connectivity index (χ4n) is 4.58. The molecule has 1 aliphatic heterocycles. The summed E-state index contributed by atoms with van der Waals surface area (Å²) in [6, 6.07) is 10.4. The number of hydrogen-bond acceptors (Lipinski definition) is 4. The zero-order chi connectivity index (χ0) is 28.2. The first-order valence-corrected chi connectivity index (χ1v) is 20.2. The largest absolute Gasteiger partial charge is 0.415 e. The van der Waals surface area contributed by atoms with Crippen LogP contribution in [-0.4, -0.2) is 46.0 Å². The summed E-state index contributed by atoms with van der Waals surface area (Å²) in [6.45, 7) is 29.3. The van der Waals surface area contributed by atoms with Crippen molar-refractivity contribution in [2.45, 2.75) is 135 Å². The van der Waals surface area contributed by atoms with Crippen LogP contribution in [0.4, 0.5) is 0 Å². The number of benzene rings is 1. The smallest absolute Gasteiger partial charge is 0.192 e. The van der Waals surface area contributed by atoms with Gasteiger partial charge >= 0.3 is 0 Å². The van der Waals surface area contributed by atoms with Gasteiger partial charge in [0, 0.05) is 0 Å². The van der Waals surface area contributed by atoms with Gasteiger partial charge in [-0.2, -0.15) is 0 Å². The quantitative estimate of drug-likeness (QED) is 0.204. The highest BCUT2D eigenvalue weighted by Gasteiger charge is 2.54. The van der Waals surface area contributed by atoms with E-state index in [1.54, 1.807) is 0 Å². The summed E-state index contributed by atoms with van der Waals surface area (Å²) < 4.78 is 13.8. The van der Waals surface area contributed by atoms with Crippen LogP contribution in [0.25, 0.3) is 6.08 Å². The molecule has 0 spiro atoms. The summed E-state index contributed by atoms with van der Waals surface area (Å²) in [5.41, 5.74) is 0.752. The Balaban J connectivity index is 2.46. The van der Waals surface area contributed by atoms with Crippen LogP contribution in [0.2, 0.25) is 36.3 Å². The van der Waals surface area contributed by atoms with E-state index in [2.05, 4.69) is 117 Å². The number of nitrogens with zero attached hydrogens (tertiary/aromatic N) is 1. The van der Waals surface area contributed by atoms with Crippen LogP contribution in [0.15, 0.2) is 36.6 Å². The van der Waals surface area contributed by atoms with Crippen molar-refractivity contribution in [3.63, 3.8) is 0 Å². The number of rotatable bonds is 11. The lowest BCUT2D eigenvalue weighted by Gasteiger charge is -2.57. The molecule has 212 valence electrons. The van der Waals surface area contributed by atoms with Crippen LogP contribution in [0.1, 0.15) is 93.1 Å². The SMILES string of the molecule is CCC1(CO[Si](C)(C)C(C)(C)C)CCCC(CC)(CO[Si](C)(C)C(C)(C)C)N1O/C=C/c1ccccc1. The fraction of sp³-hybridized carbons (Fsp3) is 0.742. The molecule has 0 amide bonds. The molecule has 2 unspecified atom stereocenters. The molecular weight excluding hydrogens is 491 g/mol. The minimum Gasteiger partial charge on any atom is -0.415 e. The lowest BCUT2D eigenvalue weighted by atomic mass is 9.76. The summed E-state index contributed by atoms with van der Waals surface area (Å²) in [5.74, 6) is 0. The Bertz CT molecular complexity index is 827. The van der Waals surface area contributed by atoms with Gasteiger partial charge in [-0.05, 0) is 80.0 Å². The Labute approximate surface area is 231 Å². The molecule has 1 aromatic carbocycles. The van der Waals surface area contributed by atoms with Gasteiger partial charge in [0.1, 0.15) is 6.26 Å². The molecule has 6 heteroatoms. The van der Waals surface area contributed by atoms with Crippen LogP contribution in [0.5, 0.6) is 0 Å². The average Bonchev–Trinajstić information content (AvgIpc) is 2.81. The van der Waals surface area contributed by atoms with E-state index in [1.807, 2.05) is 12.3 Å². The lowest BCUT2D eigenvalue weighted by Crippen LogP contribution is -2.67. The molecule has 1 heterocycles. The van der Waals surface area contributed by atoms with Gasteiger partial charge in [-0.15, -0.1) is 5.06 Å². The van der Waals surface area contributed by atoms with Crippen molar-refractivity contribution in [3.8, 4) is 0 Å². The molecule has 0 aliphatic carbocycles. The van der Waals surface area contributed by atoms with Crippen molar-refractivity contribution < 1.29 is 13.7 Å². The molecule has 2 atom stereocenters. The van der Waals surface area contributed by atoms with Gasteiger partial charge in [-0.1, -0.05) is 85.7 Å². The van der Waals surface area contributed by atoms with Gasteiger partial charge in [-0.3, -0.25) is 0 Å². The van der Waals surface area contributed by atoms with E-state index in [-0.39, 0.29) is 21.2 Å². The minimum atomic E-state index is -1.92. The molecule has 1 aliphatic rings. The molecule has 0 aromatic heterocycles. The Morgan fingerprint density at radius 1 is 0.784 bits per heavy atom. The second-order valence-corrected chi connectivity index (χ2v) is 23.8. The zero-order valence-electron chi connectivity index (χ0n) is 26.2. The summed E-state index contributed by atoms with van der Waals surface area (Å²) in [5, 5.41) is 2.68. The molecule has 1 saturated heterocycles. The first-order valence-electron chi connectivity index (χ1n) is 14.4. The first-order chi connectivity index (χ1) is 17.0. The van der Waals surface area contributed by atoms with E-state index in [1.165, 1.54) is 0 Å². The lowest BCUT2D eigenvalue weighted by molar-refractivity contribution is -0.281. The number of piperidine rings is 1. The molecule has 1 aromatic rings. The molecule has 0 saturated carbocycles. The highest BCUT2D eigenvalue weighted by molar-refractivity contribution is 6.74. The van der Waals surface area contributed by atoms with Crippen molar-refractivity contribution in [3.05, 3.63) is 42.2 Å². The van der Waals surface area contributed by atoms with Gasteiger partial charge in [0.25, 0.3) is 0 Å². The van der Waals surface area contributed by atoms with Crippen LogP contribution in [0, 0.1) is 0 Å². The predicted molar refractivity (Wildman–Crippen MR) is 165 cm³/mol.